The molecule has 2 fully saturated rings. The van der Waals surface area contributed by atoms with Crippen LogP contribution in [0.5, 0.6) is 0 Å². The van der Waals surface area contributed by atoms with Crippen molar-refractivity contribution in [3.8, 4) is 0 Å². The zero-order valence-corrected chi connectivity index (χ0v) is 19.3. The van der Waals surface area contributed by atoms with Gasteiger partial charge in [0.2, 0.25) is 0 Å². The third-order valence-corrected chi connectivity index (χ3v) is 7.86. The highest BCUT2D eigenvalue weighted by Gasteiger charge is 2.24. The molecule has 0 radical (unpaired) electrons. The molecule has 7 nitrogen and oxygen atoms in total. The number of rotatable bonds is 6. The molecule has 0 aromatic carbocycles. The predicted octanol–water partition coefficient (Wildman–Crippen LogP) is 2.75. The molecule has 1 N–H and O–H groups in total. The molecule has 30 heavy (non-hydrogen) atoms. The smallest absolute Gasteiger partial charge is 0.261 e. The Kier molecular flexibility index (Phi) is 6.85. The number of aryl methyl sites for hydroxylation is 1. The molecule has 0 unspecified atom stereocenters. The standard InChI is InChI=1S/C22H34N6OS/c1-16-18-20(28-13-11-26(2)12-14-28)24-15-25-22(18)30-19(16)21(29)23-9-10-27(3)17-7-5-4-6-8-17/h15,17H,4-14H2,1-3H3,(H,23,29). The van der Waals surface area contributed by atoms with Crippen LogP contribution in [-0.4, -0.2) is 85.1 Å². The molecule has 1 saturated heterocycles. The molecule has 2 aromatic heterocycles. The van der Waals surface area contributed by atoms with Crippen molar-refractivity contribution in [2.24, 2.45) is 0 Å². The third kappa shape index (κ3) is 4.60. The van der Waals surface area contributed by atoms with Gasteiger partial charge in [0.05, 0.1) is 10.3 Å². The Bertz CT molecular complexity index is 870. The van der Waals surface area contributed by atoms with E-state index in [1.54, 1.807) is 6.33 Å². The summed E-state index contributed by atoms with van der Waals surface area (Å²) >= 11 is 1.48. The highest BCUT2D eigenvalue weighted by molar-refractivity contribution is 7.20. The molecule has 2 aliphatic rings. The van der Waals surface area contributed by atoms with E-state index in [4.69, 9.17) is 0 Å². The van der Waals surface area contributed by atoms with Crippen LogP contribution in [-0.2, 0) is 0 Å². The monoisotopic (exact) mass is 430 g/mol. The minimum Gasteiger partial charge on any atom is -0.353 e. The second-order valence-corrected chi connectivity index (χ2v) is 9.75. The summed E-state index contributed by atoms with van der Waals surface area (Å²) in [7, 11) is 4.33. The van der Waals surface area contributed by atoms with Crippen LogP contribution in [0, 0.1) is 6.92 Å². The molecule has 164 valence electrons. The largest absolute Gasteiger partial charge is 0.353 e. The van der Waals surface area contributed by atoms with Crippen LogP contribution in [0.15, 0.2) is 6.33 Å². The Morgan fingerprint density at radius 2 is 1.93 bits per heavy atom. The molecule has 1 amide bonds. The van der Waals surface area contributed by atoms with Gasteiger partial charge in [-0.2, -0.15) is 0 Å². The van der Waals surface area contributed by atoms with Crippen molar-refractivity contribution in [1.29, 1.82) is 0 Å². The van der Waals surface area contributed by atoms with Crippen LogP contribution in [0.4, 0.5) is 5.82 Å². The first-order valence-electron chi connectivity index (χ1n) is 11.2. The molecule has 4 rings (SSSR count). The molecule has 1 aliphatic carbocycles. The lowest BCUT2D eigenvalue weighted by molar-refractivity contribution is 0.0948. The molecule has 2 aromatic rings. The normalized spacial score (nSPS) is 19.0. The number of amides is 1. The van der Waals surface area contributed by atoms with Crippen molar-refractivity contribution in [1.82, 2.24) is 25.1 Å². The Morgan fingerprint density at radius 3 is 2.67 bits per heavy atom. The van der Waals surface area contributed by atoms with Crippen LogP contribution in [0.2, 0.25) is 0 Å². The fourth-order valence-electron chi connectivity index (χ4n) is 4.66. The topological polar surface area (TPSA) is 64.6 Å². The maximum absolute atomic E-state index is 12.9. The predicted molar refractivity (Wildman–Crippen MR) is 124 cm³/mol. The van der Waals surface area contributed by atoms with Gasteiger partial charge in [-0.05, 0) is 39.4 Å². The lowest BCUT2D eigenvalue weighted by atomic mass is 9.94. The molecule has 0 atom stereocenters. The number of fused-ring (bicyclic) bond motifs is 1. The number of hydrogen-bond acceptors (Lipinski definition) is 7. The number of piperazine rings is 1. The van der Waals surface area contributed by atoms with Crippen molar-refractivity contribution < 1.29 is 4.79 Å². The van der Waals surface area contributed by atoms with Gasteiger partial charge in [0.25, 0.3) is 5.91 Å². The molecule has 0 spiro atoms. The van der Waals surface area contributed by atoms with Gasteiger partial charge in [-0.25, -0.2) is 9.97 Å². The number of aromatic nitrogens is 2. The summed E-state index contributed by atoms with van der Waals surface area (Å²) in [5.41, 5.74) is 1.00. The highest BCUT2D eigenvalue weighted by Crippen LogP contribution is 2.35. The quantitative estimate of drug-likeness (QED) is 0.760. The van der Waals surface area contributed by atoms with E-state index in [0.29, 0.717) is 12.6 Å². The summed E-state index contributed by atoms with van der Waals surface area (Å²) in [5, 5.41) is 4.18. The van der Waals surface area contributed by atoms with Crippen molar-refractivity contribution >= 4 is 33.3 Å². The molecular formula is C22H34N6OS. The van der Waals surface area contributed by atoms with E-state index in [9.17, 15) is 4.79 Å². The van der Waals surface area contributed by atoms with Crippen molar-refractivity contribution in [3.05, 3.63) is 16.8 Å². The van der Waals surface area contributed by atoms with E-state index in [-0.39, 0.29) is 5.91 Å². The Hall–Kier alpha value is -1.77. The number of thiophene rings is 1. The van der Waals surface area contributed by atoms with E-state index >= 15 is 0 Å². The second-order valence-electron chi connectivity index (χ2n) is 8.75. The highest BCUT2D eigenvalue weighted by atomic mass is 32.1. The van der Waals surface area contributed by atoms with Gasteiger partial charge in [0.1, 0.15) is 17.0 Å². The van der Waals surface area contributed by atoms with E-state index in [1.165, 1.54) is 43.4 Å². The molecule has 3 heterocycles. The minimum atomic E-state index is 0.0110. The van der Waals surface area contributed by atoms with Gasteiger partial charge in [0, 0.05) is 45.3 Å². The van der Waals surface area contributed by atoms with E-state index in [1.807, 2.05) is 6.92 Å². The first kappa shape index (κ1) is 21.5. The number of nitrogens with zero attached hydrogens (tertiary/aromatic N) is 5. The van der Waals surface area contributed by atoms with Gasteiger partial charge in [-0.3, -0.25) is 4.79 Å². The number of carbonyl (C=O) groups excluding carboxylic acids is 1. The van der Waals surface area contributed by atoms with Gasteiger partial charge in [-0.1, -0.05) is 19.3 Å². The molecule has 1 saturated carbocycles. The molecule has 8 heteroatoms. The van der Waals surface area contributed by atoms with Crippen molar-refractivity contribution in [2.75, 3.05) is 58.3 Å². The third-order valence-electron chi connectivity index (χ3n) is 6.66. The summed E-state index contributed by atoms with van der Waals surface area (Å²) in [6.07, 6.45) is 8.23. The lowest BCUT2D eigenvalue weighted by Crippen LogP contribution is -2.44. The van der Waals surface area contributed by atoms with E-state index in [0.717, 1.165) is 59.2 Å². The molecule has 1 aliphatic heterocycles. The lowest BCUT2D eigenvalue weighted by Gasteiger charge is -2.33. The zero-order valence-electron chi connectivity index (χ0n) is 18.5. The number of likely N-dealkylation sites (N-methyl/N-ethyl adjacent to an activating group) is 2. The second kappa shape index (κ2) is 9.58. The van der Waals surface area contributed by atoms with E-state index in [2.05, 4.69) is 44.1 Å². The van der Waals surface area contributed by atoms with Crippen LogP contribution in [0.1, 0.15) is 47.3 Å². The zero-order chi connectivity index (χ0) is 21.1. The fourth-order valence-corrected chi connectivity index (χ4v) is 5.72. The van der Waals surface area contributed by atoms with Crippen molar-refractivity contribution in [2.45, 2.75) is 45.1 Å². The van der Waals surface area contributed by atoms with Crippen LogP contribution < -0.4 is 10.2 Å². The molecule has 0 bridgehead atoms. The maximum Gasteiger partial charge on any atom is 0.261 e. The Balaban J connectivity index is 1.43. The van der Waals surface area contributed by atoms with Crippen LogP contribution >= 0.6 is 11.3 Å². The summed E-state index contributed by atoms with van der Waals surface area (Å²) in [4.78, 5) is 30.7. The number of carbonyl (C=O) groups is 1. The number of anilines is 1. The summed E-state index contributed by atoms with van der Waals surface area (Å²) in [5.74, 6) is 0.981. The first-order valence-corrected chi connectivity index (χ1v) is 12.0. The van der Waals surface area contributed by atoms with E-state index < -0.39 is 0 Å². The Labute approximate surface area is 183 Å². The van der Waals surface area contributed by atoms with Gasteiger partial charge in [-0.15, -0.1) is 11.3 Å². The van der Waals surface area contributed by atoms with Crippen LogP contribution in [0.25, 0.3) is 10.2 Å². The summed E-state index contributed by atoms with van der Waals surface area (Å²) in [6.45, 7) is 7.56. The SMILES string of the molecule is Cc1c(C(=O)NCCN(C)C2CCCCC2)sc2ncnc(N3CCN(C)CC3)c12. The number of nitrogens with one attached hydrogen (secondary N) is 1. The average Bonchev–Trinajstić information content (AvgIpc) is 3.11. The average molecular weight is 431 g/mol. The summed E-state index contributed by atoms with van der Waals surface area (Å²) < 4.78 is 0. The van der Waals surface area contributed by atoms with Gasteiger partial charge >= 0.3 is 0 Å². The first-order chi connectivity index (χ1) is 14.5. The fraction of sp³-hybridized carbons (Fsp3) is 0.682. The molecular weight excluding hydrogens is 396 g/mol. The van der Waals surface area contributed by atoms with Crippen molar-refractivity contribution in [3.63, 3.8) is 0 Å². The summed E-state index contributed by atoms with van der Waals surface area (Å²) in [6, 6.07) is 0.670. The maximum atomic E-state index is 12.9. The van der Waals surface area contributed by atoms with Gasteiger partial charge < -0.3 is 20.0 Å². The Morgan fingerprint density at radius 1 is 1.20 bits per heavy atom. The minimum absolute atomic E-state index is 0.0110. The number of hydrogen-bond donors (Lipinski definition) is 1. The van der Waals surface area contributed by atoms with Gasteiger partial charge in [0.15, 0.2) is 0 Å². The van der Waals surface area contributed by atoms with Crippen LogP contribution in [0.3, 0.4) is 0 Å².